The molecular formula is C21H25NO4. The normalized spacial score (nSPS) is 11.6. The van der Waals surface area contributed by atoms with Crippen LogP contribution in [0.5, 0.6) is 5.75 Å². The molecule has 138 valence electrons. The van der Waals surface area contributed by atoms with Gasteiger partial charge in [-0.05, 0) is 70.0 Å². The summed E-state index contributed by atoms with van der Waals surface area (Å²) in [5.41, 5.74) is 4.20. The fourth-order valence-corrected chi connectivity index (χ4v) is 2.74. The summed E-state index contributed by atoms with van der Waals surface area (Å²) in [4.78, 5) is 24.6. The molecule has 5 nitrogen and oxygen atoms in total. The minimum absolute atomic E-state index is 0.362. The lowest BCUT2D eigenvalue weighted by Crippen LogP contribution is -2.30. The van der Waals surface area contributed by atoms with Crippen LogP contribution in [0.15, 0.2) is 36.4 Å². The lowest BCUT2D eigenvalue weighted by atomic mass is 10.0. The van der Waals surface area contributed by atoms with E-state index in [2.05, 4.69) is 5.32 Å². The van der Waals surface area contributed by atoms with E-state index in [0.29, 0.717) is 17.9 Å². The van der Waals surface area contributed by atoms with Crippen LogP contribution in [0.4, 0.5) is 5.69 Å². The maximum absolute atomic E-state index is 12.4. The lowest BCUT2D eigenvalue weighted by Gasteiger charge is -2.17. The molecule has 5 heteroatoms. The molecule has 1 atom stereocenters. The third kappa shape index (κ3) is 4.85. The Morgan fingerprint density at radius 2 is 1.62 bits per heavy atom. The number of carbonyl (C=O) groups is 2. The van der Waals surface area contributed by atoms with Crippen molar-refractivity contribution < 1.29 is 19.1 Å². The van der Waals surface area contributed by atoms with Crippen molar-refractivity contribution in [2.45, 2.75) is 40.7 Å². The predicted molar refractivity (Wildman–Crippen MR) is 102 cm³/mol. The Morgan fingerprint density at radius 1 is 1.04 bits per heavy atom. The quantitative estimate of drug-likeness (QED) is 0.789. The van der Waals surface area contributed by atoms with Crippen LogP contribution in [0.1, 0.15) is 40.9 Å². The molecule has 0 saturated carbocycles. The minimum Gasteiger partial charge on any atom is -0.494 e. The molecule has 2 rings (SSSR count). The Hall–Kier alpha value is -2.82. The van der Waals surface area contributed by atoms with E-state index >= 15 is 0 Å². The topological polar surface area (TPSA) is 64.6 Å². The molecule has 1 amide bonds. The molecule has 0 bridgehead atoms. The number of carbonyl (C=O) groups excluding carboxylic acids is 2. The molecule has 2 aromatic carbocycles. The second kappa shape index (κ2) is 8.52. The molecular weight excluding hydrogens is 330 g/mol. The average Bonchev–Trinajstić information content (AvgIpc) is 2.58. The zero-order valence-electron chi connectivity index (χ0n) is 15.9. The fraction of sp³-hybridized carbons (Fsp3) is 0.333. The SMILES string of the molecule is CCOc1ccc(C(=O)O[C@@H](C)C(=O)Nc2c(C)cc(C)cc2C)cc1. The van der Waals surface area contributed by atoms with E-state index in [1.165, 1.54) is 0 Å². The third-order valence-corrected chi connectivity index (χ3v) is 3.98. The zero-order chi connectivity index (χ0) is 19.3. The summed E-state index contributed by atoms with van der Waals surface area (Å²) >= 11 is 0. The van der Waals surface area contributed by atoms with Gasteiger partial charge < -0.3 is 14.8 Å². The van der Waals surface area contributed by atoms with Crippen LogP contribution in [0.2, 0.25) is 0 Å². The smallest absolute Gasteiger partial charge is 0.338 e. The van der Waals surface area contributed by atoms with Gasteiger partial charge in [-0.3, -0.25) is 4.79 Å². The summed E-state index contributed by atoms with van der Waals surface area (Å²) in [5.74, 6) is -0.229. The van der Waals surface area contributed by atoms with Gasteiger partial charge in [0.2, 0.25) is 0 Å². The van der Waals surface area contributed by atoms with E-state index in [1.54, 1.807) is 31.2 Å². The molecule has 0 aliphatic heterocycles. The van der Waals surface area contributed by atoms with E-state index < -0.39 is 12.1 Å². The van der Waals surface area contributed by atoms with Crippen LogP contribution in [-0.2, 0) is 9.53 Å². The highest BCUT2D eigenvalue weighted by molar-refractivity contribution is 5.98. The highest BCUT2D eigenvalue weighted by atomic mass is 16.5. The van der Waals surface area contributed by atoms with Gasteiger partial charge >= 0.3 is 5.97 Å². The maximum Gasteiger partial charge on any atom is 0.338 e. The van der Waals surface area contributed by atoms with Crippen molar-refractivity contribution in [3.8, 4) is 5.75 Å². The number of hydrogen-bond acceptors (Lipinski definition) is 4. The van der Waals surface area contributed by atoms with Gasteiger partial charge in [0.1, 0.15) is 5.75 Å². The summed E-state index contributed by atoms with van der Waals surface area (Å²) in [6.45, 7) is 9.88. The molecule has 0 fully saturated rings. The van der Waals surface area contributed by atoms with Gasteiger partial charge in [-0.1, -0.05) is 17.7 Å². The second-order valence-electron chi connectivity index (χ2n) is 6.27. The van der Waals surface area contributed by atoms with Gasteiger partial charge in [0.15, 0.2) is 6.10 Å². The van der Waals surface area contributed by atoms with Gasteiger partial charge in [0.05, 0.1) is 12.2 Å². The first kappa shape index (κ1) is 19.5. The van der Waals surface area contributed by atoms with Crippen molar-refractivity contribution in [2.75, 3.05) is 11.9 Å². The molecule has 0 saturated heterocycles. The molecule has 0 radical (unpaired) electrons. The van der Waals surface area contributed by atoms with Crippen LogP contribution in [-0.4, -0.2) is 24.6 Å². The Bertz CT molecular complexity index is 773. The highest BCUT2D eigenvalue weighted by Gasteiger charge is 2.20. The van der Waals surface area contributed by atoms with E-state index in [1.807, 2.05) is 39.8 Å². The number of benzene rings is 2. The monoisotopic (exact) mass is 355 g/mol. The van der Waals surface area contributed by atoms with E-state index in [4.69, 9.17) is 9.47 Å². The van der Waals surface area contributed by atoms with Crippen molar-refractivity contribution in [3.63, 3.8) is 0 Å². The molecule has 26 heavy (non-hydrogen) atoms. The van der Waals surface area contributed by atoms with Crippen molar-refractivity contribution in [2.24, 2.45) is 0 Å². The van der Waals surface area contributed by atoms with E-state index in [0.717, 1.165) is 22.4 Å². The van der Waals surface area contributed by atoms with Crippen LogP contribution >= 0.6 is 0 Å². The van der Waals surface area contributed by atoms with Crippen molar-refractivity contribution in [1.82, 2.24) is 0 Å². The number of ether oxygens (including phenoxy) is 2. The number of amides is 1. The summed E-state index contributed by atoms with van der Waals surface area (Å²) in [6.07, 6.45) is -0.908. The van der Waals surface area contributed by atoms with E-state index in [-0.39, 0.29) is 5.91 Å². The number of anilines is 1. The number of hydrogen-bond donors (Lipinski definition) is 1. The molecule has 0 aromatic heterocycles. The summed E-state index contributed by atoms with van der Waals surface area (Å²) in [5, 5.41) is 2.85. The molecule has 2 aromatic rings. The predicted octanol–water partition coefficient (Wildman–Crippen LogP) is 4.19. The number of rotatable bonds is 6. The molecule has 0 aliphatic carbocycles. The number of nitrogens with one attached hydrogen (secondary N) is 1. The summed E-state index contributed by atoms with van der Waals surface area (Å²) < 4.78 is 10.6. The van der Waals surface area contributed by atoms with Gasteiger partial charge in [-0.2, -0.15) is 0 Å². The Labute approximate surface area is 154 Å². The Morgan fingerprint density at radius 3 is 2.15 bits per heavy atom. The second-order valence-corrected chi connectivity index (χ2v) is 6.27. The molecule has 0 unspecified atom stereocenters. The first-order valence-corrected chi connectivity index (χ1v) is 8.64. The number of esters is 1. The standard InChI is InChI=1S/C21H25NO4/c1-6-25-18-9-7-17(8-10-18)21(24)26-16(5)20(23)22-19-14(3)11-13(2)12-15(19)4/h7-12,16H,6H2,1-5H3,(H,22,23)/t16-/m0/s1. The zero-order valence-corrected chi connectivity index (χ0v) is 15.9. The molecule has 0 spiro atoms. The molecule has 0 aliphatic rings. The van der Waals surface area contributed by atoms with Crippen LogP contribution in [0.25, 0.3) is 0 Å². The van der Waals surface area contributed by atoms with Gasteiger partial charge in [0, 0.05) is 5.69 Å². The summed E-state index contributed by atoms with van der Waals surface area (Å²) in [7, 11) is 0. The average molecular weight is 355 g/mol. The van der Waals surface area contributed by atoms with Crippen molar-refractivity contribution >= 4 is 17.6 Å². The van der Waals surface area contributed by atoms with Gasteiger partial charge in [-0.25, -0.2) is 4.79 Å². The third-order valence-electron chi connectivity index (χ3n) is 3.98. The maximum atomic E-state index is 12.4. The summed E-state index contributed by atoms with van der Waals surface area (Å²) in [6, 6.07) is 10.6. The van der Waals surface area contributed by atoms with Crippen LogP contribution in [0, 0.1) is 20.8 Å². The fourth-order valence-electron chi connectivity index (χ4n) is 2.74. The highest BCUT2D eigenvalue weighted by Crippen LogP contribution is 2.22. The van der Waals surface area contributed by atoms with Crippen LogP contribution < -0.4 is 10.1 Å². The first-order chi connectivity index (χ1) is 12.3. The molecule has 1 N–H and O–H groups in total. The largest absolute Gasteiger partial charge is 0.494 e. The number of aryl methyl sites for hydroxylation is 3. The Balaban J connectivity index is 2.01. The van der Waals surface area contributed by atoms with E-state index in [9.17, 15) is 9.59 Å². The first-order valence-electron chi connectivity index (χ1n) is 8.64. The van der Waals surface area contributed by atoms with Crippen LogP contribution in [0.3, 0.4) is 0 Å². The van der Waals surface area contributed by atoms with Gasteiger partial charge in [0.25, 0.3) is 5.91 Å². The lowest BCUT2D eigenvalue weighted by molar-refractivity contribution is -0.123. The molecule has 0 heterocycles. The minimum atomic E-state index is -0.908. The van der Waals surface area contributed by atoms with Crippen molar-refractivity contribution in [3.05, 3.63) is 58.7 Å². The van der Waals surface area contributed by atoms with Crippen molar-refractivity contribution in [1.29, 1.82) is 0 Å². The van der Waals surface area contributed by atoms with Gasteiger partial charge in [-0.15, -0.1) is 0 Å². The Kier molecular flexibility index (Phi) is 6.39.